The Balaban J connectivity index is 2.26. The lowest BCUT2D eigenvalue weighted by atomic mass is 10.0. The van der Waals surface area contributed by atoms with Gasteiger partial charge >= 0.3 is 0 Å². The first-order chi connectivity index (χ1) is 8.41. The van der Waals surface area contributed by atoms with E-state index in [-0.39, 0.29) is 6.10 Å². The summed E-state index contributed by atoms with van der Waals surface area (Å²) in [7, 11) is 0. The molecular weight excluding hydrogens is 238 g/mol. The third-order valence-electron chi connectivity index (χ3n) is 2.99. The molecule has 0 amide bonds. The van der Waals surface area contributed by atoms with Gasteiger partial charge in [-0.2, -0.15) is 0 Å². The Morgan fingerprint density at radius 1 is 1.44 bits per heavy atom. The molecule has 0 bridgehead atoms. The normalized spacial score (nSPS) is 23.2. The third kappa shape index (κ3) is 2.79. The highest BCUT2D eigenvalue weighted by molar-refractivity contribution is 5.48. The van der Waals surface area contributed by atoms with Crippen LogP contribution in [0.2, 0.25) is 0 Å². The first-order valence-corrected chi connectivity index (χ1v) is 5.99. The van der Waals surface area contributed by atoms with Gasteiger partial charge in [-0.05, 0) is 26.0 Å². The van der Waals surface area contributed by atoms with Crippen LogP contribution in [0, 0.1) is 11.6 Å². The van der Waals surface area contributed by atoms with Crippen LogP contribution in [0.15, 0.2) is 18.2 Å². The summed E-state index contributed by atoms with van der Waals surface area (Å²) in [6.45, 7) is 5.31. The van der Waals surface area contributed by atoms with Crippen molar-refractivity contribution < 1.29 is 13.5 Å². The molecule has 1 unspecified atom stereocenters. The average molecular weight is 256 g/mol. The van der Waals surface area contributed by atoms with Gasteiger partial charge in [0.25, 0.3) is 0 Å². The van der Waals surface area contributed by atoms with Crippen LogP contribution in [0.25, 0.3) is 0 Å². The number of morpholine rings is 1. The van der Waals surface area contributed by atoms with Crippen molar-refractivity contribution in [3.63, 3.8) is 0 Å². The molecule has 0 aliphatic carbocycles. The Kier molecular flexibility index (Phi) is 3.54. The molecule has 100 valence electrons. The van der Waals surface area contributed by atoms with Gasteiger partial charge in [0.1, 0.15) is 11.6 Å². The second-order valence-electron chi connectivity index (χ2n) is 5.21. The van der Waals surface area contributed by atoms with Crippen LogP contribution in [0.4, 0.5) is 14.5 Å². The van der Waals surface area contributed by atoms with E-state index in [4.69, 9.17) is 10.5 Å². The quantitative estimate of drug-likeness (QED) is 0.878. The minimum absolute atomic E-state index is 0.141. The molecule has 0 radical (unpaired) electrons. The Hall–Kier alpha value is -1.20. The Bertz CT molecular complexity index is 437. The zero-order valence-electron chi connectivity index (χ0n) is 10.6. The van der Waals surface area contributed by atoms with Crippen molar-refractivity contribution in [1.82, 2.24) is 0 Å². The average Bonchev–Trinajstić information content (AvgIpc) is 2.26. The molecular formula is C13H18F2N2O. The maximum Gasteiger partial charge on any atom is 0.149 e. The van der Waals surface area contributed by atoms with Gasteiger partial charge in [0.2, 0.25) is 0 Å². The van der Waals surface area contributed by atoms with Gasteiger partial charge in [-0.3, -0.25) is 0 Å². The zero-order chi connectivity index (χ0) is 13.3. The maximum absolute atomic E-state index is 13.8. The van der Waals surface area contributed by atoms with Crippen LogP contribution in [0.3, 0.4) is 0 Å². The summed E-state index contributed by atoms with van der Waals surface area (Å²) >= 11 is 0. The van der Waals surface area contributed by atoms with E-state index in [1.165, 1.54) is 12.1 Å². The van der Waals surface area contributed by atoms with Crippen LogP contribution in [-0.2, 0) is 4.74 Å². The fraction of sp³-hybridized carbons (Fsp3) is 0.538. The second-order valence-corrected chi connectivity index (χ2v) is 5.21. The van der Waals surface area contributed by atoms with E-state index in [1.54, 1.807) is 0 Å². The van der Waals surface area contributed by atoms with Crippen molar-refractivity contribution in [3.8, 4) is 0 Å². The van der Waals surface area contributed by atoms with Gasteiger partial charge in [-0.25, -0.2) is 8.78 Å². The summed E-state index contributed by atoms with van der Waals surface area (Å²) < 4.78 is 32.4. The first kappa shape index (κ1) is 13.2. The Labute approximate surface area is 106 Å². The molecule has 1 aromatic rings. The van der Waals surface area contributed by atoms with E-state index in [0.717, 1.165) is 6.07 Å². The number of halogens is 2. The van der Waals surface area contributed by atoms with Crippen molar-refractivity contribution in [2.45, 2.75) is 25.6 Å². The predicted molar refractivity (Wildman–Crippen MR) is 66.6 cm³/mol. The predicted octanol–water partition coefficient (Wildman–Crippen LogP) is 1.91. The molecule has 1 aliphatic heterocycles. The molecule has 2 rings (SSSR count). The summed E-state index contributed by atoms with van der Waals surface area (Å²) in [5.41, 5.74) is 5.62. The van der Waals surface area contributed by atoms with E-state index in [1.807, 2.05) is 18.7 Å². The Morgan fingerprint density at radius 2 is 2.17 bits per heavy atom. The number of nitrogens with two attached hydrogens (primary N) is 1. The summed E-state index contributed by atoms with van der Waals surface area (Å²) in [6, 6.07) is 3.62. The fourth-order valence-corrected chi connectivity index (χ4v) is 2.34. The van der Waals surface area contributed by atoms with Crippen LogP contribution in [0.1, 0.15) is 13.8 Å². The molecule has 5 heteroatoms. The zero-order valence-corrected chi connectivity index (χ0v) is 10.6. The van der Waals surface area contributed by atoms with Gasteiger partial charge < -0.3 is 15.4 Å². The molecule has 3 nitrogen and oxygen atoms in total. The van der Waals surface area contributed by atoms with Gasteiger partial charge in [-0.15, -0.1) is 0 Å². The minimum Gasteiger partial charge on any atom is -0.367 e. The molecule has 1 aromatic carbocycles. The maximum atomic E-state index is 13.8. The van der Waals surface area contributed by atoms with E-state index in [9.17, 15) is 8.78 Å². The molecule has 1 aliphatic rings. The van der Waals surface area contributed by atoms with Crippen molar-refractivity contribution in [3.05, 3.63) is 29.8 Å². The van der Waals surface area contributed by atoms with Gasteiger partial charge in [0, 0.05) is 25.7 Å². The smallest absolute Gasteiger partial charge is 0.149 e. The standard InChI is InChI=1S/C13H18F2N2O/c1-13(2)8-17(7-10(6-16)18-13)12-4-3-9(14)5-11(12)15/h3-5,10H,6-8,16H2,1-2H3. The van der Waals surface area contributed by atoms with E-state index < -0.39 is 17.2 Å². The highest BCUT2D eigenvalue weighted by atomic mass is 19.1. The lowest BCUT2D eigenvalue weighted by Crippen LogP contribution is -2.55. The number of ether oxygens (including phenoxy) is 1. The molecule has 1 fully saturated rings. The van der Waals surface area contributed by atoms with E-state index >= 15 is 0 Å². The second kappa shape index (κ2) is 4.82. The molecule has 1 atom stereocenters. The highest BCUT2D eigenvalue weighted by Gasteiger charge is 2.33. The Morgan fingerprint density at radius 3 is 2.78 bits per heavy atom. The fourth-order valence-electron chi connectivity index (χ4n) is 2.34. The molecule has 18 heavy (non-hydrogen) atoms. The van der Waals surface area contributed by atoms with Crippen LogP contribution in [-0.4, -0.2) is 31.3 Å². The SMILES string of the molecule is CC1(C)CN(c2ccc(F)cc2F)CC(CN)O1. The lowest BCUT2D eigenvalue weighted by molar-refractivity contribution is -0.0789. The van der Waals surface area contributed by atoms with Crippen LogP contribution >= 0.6 is 0 Å². The molecule has 2 N–H and O–H groups in total. The molecule has 0 spiro atoms. The summed E-state index contributed by atoms with van der Waals surface area (Å²) in [5.74, 6) is -1.12. The van der Waals surface area contributed by atoms with Crippen LogP contribution < -0.4 is 10.6 Å². The number of nitrogens with zero attached hydrogens (tertiary/aromatic N) is 1. The van der Waals surface area contributed by atoms with E-state index in [0.29, 0.717) is 25.3 Å². The van der Waals surface area contributed by atoms with Crippen molar-refractivity contribution in [2.75, 3.05) is 24.5 Å². The highest BCUT2D eigenvalue weighted by Crippen LogP contribution is 2.28. The lowest BCUT2D eigenvalue weighted by Gasteiger charge is -2.43. The number of hydrogen-bond acceptors (Lipinski definition) is 3. The van der Waals surface area contributed by atoms with Gasteiger partial charge in [0.15, 0.2) is 0 Å². The molecule has 0 aromatic heterocycles. The minimum atomic E-state index is -0.570. The third-order valence-corrected chi connectivity index (χ3v) is 2.99. The van der Waals surface area contributed by atoms with Crippen molar-refractivity contribution in [2.24, 2.45) is 5.73 Å². The summed E-state index contributed by atoms with van der Waals surface area (Å²) in [5, 5.41) is 0. The van der Waals surface area contributed by atoms with E-state index in [2.05, 4.69) is 0 Å². The monoisotopic (exact) mass is 256 g/mol. The first-order valence-electron chi connectivity index (χ1n) is 5.99. The van der Waals surface area contributed by atoms with Crippen molar-refractivity contribution in [1.29, 1.82) is 0 Å². The molecule has 1 saturated heterocycles. The topological polar surface area (TPSA) is 38.5 Å². The van der Waals surface area contributed by atoms with Crippen LogP contribution in [0.5, 0.6) is 0 Å². The molecule has 1 heterocycles. The number of anilines is 1. The van der Waals surface area contributed by atoms with Gasteiger partial charge in [-0.1, -0.05) is 0 Å². The molecule has 0 saturated carbocycles. The van der Waals surface area contributed by atoms with Crippen molar-refractivity contribution >= 4 is 5.69 Å². The summed E-state index contributed by atoms with van der Waals surface area (Å²) in [6.07, 6.45) is -0.141. The number of rotatable bonds is 2. The van der Waals surface area contributed by atoms with Gasteiger partial charge in [0.05, 0.1) is 17.4 Å². The summed E-state index contributed by atoms with van der Waals surface area (Å²) in [4.78, 5) is 1.86. The number of hydrogen-bond donors (Lipinski definition) is 1. The largest absolute Gasteiger partial charge is 0.367 e. The number of benzene rings is 1.